The minimum absolute atomic E-state index is 0. The molecule has 1 aromatic heterocycles. The van der Waals surface area contributed by atoms with Crippen LogP contribution in [-0.2, 0) is 13.6 Å². The first-order valence-corrected chi connectivity index (χ1v) is 8.03. The van der Waals surface area contributed by atoms with Crippen LogP contribution in [0.3, 0.4) is 0 Å². The first kappa shape index (κ1) is 20.1. The predicted octanol–water partition coefficient (Wildman–Crippen LogP) is 2.30. The number of hydrogen-bond acceptors (Lipinski definition) is 3. The number of hydrogen-bond donors (Lipinski definition) is 1. The highest BCUT2D eigenvalue weighted by atomic mass is 127. The van der Waals surface area contributed by atoms with Gasteiger partial charge in [-0.2, -0.15) is 0 Å². The van der Waals surface area contributed by atoms with Crippen molar-refractivity contribution in [3.05, 3.63) is 11.9 Å². The van der Waals surface area contributed by atoms with Crippen LogP contribution >= 0.6 is 24.0 Å². The summed E-state index contributed by atoms with van der Waals surface area (Å²) in [6.07, 6.45) is 4.38. The molecule has 132 valence electrons. The number of likely N-dealkylation sites (tertiary alicyclic amines) is 1. The molecule has 23 heavy (non-hydrogen) atoms. The first-order chi connectivity index (χ1) is 10.4. The average Bonchev–Trinajstić information content (AvgIpc) is 3.05. The van der Waals surface area contributed by atoms with Crippen LogP contribution in [0.2, 0.25) is 0 Å². The maximum Gasteiger partial charge on any atom is 0.204 e. The van der Waals surface area contributed by atoms with Gasteiger partial charge in [-0.25, -0.2) is 4.98 Å². The van der Waals surface area contributed by atoms with E-state index in [1.165, 1.54) is 12.8 Å². The summed E-state index contributed by atoms with van der Waals surface area (Å²) in [5.41, 5.74) is 1.57. The van der Waals surface area contributed by atoms with Crippen molar-refractivity contribution in [3.8, 4) is 0 Å². The zero-order valence-corrected chi connectivity index (χ0v) is 17.6. The Hall–Kier alpha value is -0.990. The molecule has 1 aliphatic heterocycles. The summed E-state index contributed by atoms with van der Waals surface area (Å²) in [6.45, 7) is 7.54. The number of aliphatic imine (C=N–C) groups is 1. The molecule has 0 amide bonds. The zero-order chi connectivity index (χ0) is 16.3. The monoisotopic (exact) mass is 434 g/mol. The number of imidazole rings is 1. The van der Waals surface area contributed by atoms with Crippen LogP contribution in [0.15, 0.2) is 11.2 Å². The van der Waals surface area contributed by atoms with Crippen LogP contribution in [-0.4, -0.2) is 54.6 Å². The van der Waals surface area contributed by atoms with E-state index in [9.17, 15) is 0 Å². The third-order valence-corrected chi connectivity index (χ3v) is 4.81. The van der Waals surface area contributed by atoms with Crippen molar-refractivity contribution < 1.29 is 0 Å². The van der Waals surface area contributed by atoms with E-state index in [1.54, 1.807) is 0 Å². The SMILES string of the molecule is CCC1(C)CCN(C(=NC)NCc2cnc(N(C)C)n2C)C1.I. The second kappa shape index (κ2) is 8.21. The topological polar surface area (TPSA) is 48.7 Å². The summed E-state index contributed by atoms with van der Waals surface area (Å²) in [7, 11) is 7.92. The highest BCUT2D eigenvalue weighted by Gasteiger charge is 2.33. The second-order valence-electron chi connectivity index (χ2n) is 6.74. The number of aromatic nitrogens is 2. The molecule has 2 rings (SSSR count). The molecule has 1 saturated heterocycles. The summed E-state index contributed by atoms with van der Waals surface area (Å²) in [6, 6.07) is 0. The highest BCUT2D eigenvalue weighted by Crippen LogP contribution is 2.32. The Bertz CT molecular complexity index is 539. The lowest BCUT2D eigenvalue weighted by Crippen LogP contribution is -2.40. The number of guanidine groups is 1. The molecule has 0 radical (unpaired) electrons. The summed E-state index contributed by atoms with van der Waals surface area (Å²) in [4.78, 5) is 13.3. The highest BCUT2D eigenvalue weighted by molar-refractivity contribution is 14.0. The molecule has 1 atom stereocenters. The van der Waals surface area contributed by atoms with E-state index in [4.69, 9.17) is 0 Å². The Labute approximate surface area is 157 Å². The molecule has 1 aromatic rings. The summed E-state index contributed by atoms with van der Waals surface area (Å²) >= 11 is 0. The maximum atomic E-state index is 4.45. The molecule has 1 N–H and O–H groups in total. The molecular formula is C16H31IN6. The molecule has 7 heteroatoms. The van der Waals surface area contributed by atoms with Gasteiger partial charge in [-0.1, -0.05) is 13.8 Å². The van der Waals surface area contributed by atoms with Gasteiger partial charge in [0.15, 0.2) is 5.96 Å². The van der Waals surface area contributed by atoms with Gasteiger partial charge in [0.1, 0.15) is 0 Å². The molecule has 2 heterocycles. The molecule has 1 fully saturated rings. The molecule has 0 spiro atoms. The van der Waals surface area contributed by atoms with Crippen LogP contribution in [0, 0.1) is 5.41 Å². The van der Waals surface area contributed by atoms with E-state index in [1.807, 2.05) is 39.3 Å². The van der Waals surface area contributed by atoms with E-state index in [0.717, 1.165) is 37.2 Å². The average molecular weight is 434 g/mol. The Balaban J connectivity index is 0.00000264. The lowest BCUT2D eigenvalue weighted by atomic mass is 9.87. The standard InChI is InChI=1S/C16H30N6.HI/c1-7-16(2)8-9-22(12-16)14(17-3)18-10-13-11-19-15(20(4)5)21(13)6;/h11H,7-10,12H2,1-6H3,(H,17,18);1H. The molecule has 0 aliphatic carbocycles. The predicted molar refractivity (Wildman–Crippen MR) is 108 cm³/mol. The van der Waals surface area contributed by atoms with E-state index in [0.29, 0.717) is 5.41 Å². The van der Waals surface area contributed by atoms with Gasteiger partial charge in [0, 0.05) is 41.3 Å². The molecular weight excluding hydrogens is 403 g/mol. The third-order valence-electron chi connectivity index (χ3n) is 4.81. The fraction of sp³-hybridized carbons (Fsp3) is 0.750. The van der Waals surface area contributed by atoms with Gasteiger partial charge < -0.3 is 19.7 Å². The quantitative estimate of drug-likeness (QED) is 0.449. The maximum absolute atomic E-state index is 4.45. The van der Waals surface area contributed by atoms with Crippen LogP contribution in [0.5, 0.6) is 0 Å². The first-order valence-electron chi connectivity index (χ1n) is 8.03. The summed E-state index contributed by atoms with van der Waals surface area (Å²) < 4.78 is 2.11. The molecule has 0 saturated carbocycles. The minimum Gasteiger partial charge on any atom is -0.351 e. The van der Waals surface area contributed by atoms with E-state index in [-0.39, 0.29) is 24.0 Å². The Morgan fingerprint density at radius 1 is 1.48 bits per heavy atom. The van der Waals surface area contributed by atoms with E-state index in [2.05, 4.69) is 38.6 Å². The van der Waals surface area contributed by atoms with Gasteiger partial charge in [0.25, 0.3) is 0 Å². The lowest BCUT2D eigenvalue weighted by molar-refractivity contribution is 0.322. The van der Waals surface area contributed by atoms with Crippen molar-refractivity contribution in [2.45, 2.75) is 33.2 Å². The fourth-order valence-corrected chi connectivity index (χ4v) is 3.01. The van der Waals surface area contributed by atoms with Gasteiger partial charge in [0.05, 0.1) is 18.4 Å². The van der Waals surface area contributed by atoms with Gasteiger partial charge in [-0.3, -0.25) is 4.99 Å². The van der Waals surface area contributed by atoms with Crippen LogP contribution < -0.4 is 10.2 Å². The van der Waals surface area contributed by atoms with Crippen LogP contribution in [0.4, 0.5) is 5.95 Å². The van der Waals surface area contributed by atoms with Crippen molar-refractivity contribution in [2.75, 3.05) is 39.1 Å². The van der Waals surface area contributed by atoms with Crippen molar-refractivity contribution >= 4 is 35.9 Å². The number of rotatable bonds is 4. The van der Waals surface area contributed by atoms with Gasteiger partial charge in [-0.05, 0) is 18.3 Å². The normalized spacial score (nSPS) is 21.3. The summed E-state index contributed by atoms with van der Waals surface area (Å²) in [5, 5.41) is 3.48. The number of halogens is 1. The van der Waals surface area contributed by atoms with Crippen molar-refractivity contribution in [3.63, 3.8) is 0 Å². The molecule has 1 unspecified atom stereocenters. The van der Waals surface area contributed by atoms with Crippen molar-refractivity contribution in [1.29, 1.82) is 0 Å². The second-order valence-corrected chi connectivity index (χ2v) is 6.74. The number of anilines is 1. The van der Waals surface area contributed by atoms with Gasteiger partial charge >= 0.3 is 0 Å². The van der Waals surface area contributed by atoms with Crippen molar-refractivity contribution in [1.82, 2.24) is 19.8 Å². The number of nitrogens with one attached hydrogen (secondary N) is 1. The molecule has 0 bridgehead atoms. The van der Waals surface area contributed by atoms with Gasteiger partial charge in [-0.15, -0.1) is 24.0 Å². The molecule has 6 nitrogen and oxygen atoms in total. The largest absolute Gasteiger partial charge is 0.351 e. The van der Waals surface area contributed by atoms with Crippen molar-refractivity contribution in [2.24, 2.45) is 17.5 Å². The fourth-order valence-electron chi connectivity index (χ4n) is 3.01. The molecule has 0 aromatic carbocycles. The zero-order valence-electron chi connectivity index (χ0n) is 15.3. The van der Waals surface area contributed by atoms with Crippen LogP contribution in [0.25, 0.3) is 0 Å². The lowest BCUT2D eigenvalue weighted by Gasteiger charge is -2.25. The Morgan fingerprint density at radius 3 is 2.65 bits per heavy atom. The third kappa shape index (κ3) is 4.51. The summed E-state index contributed by atoms with van der Waals surface area (Å²) in [5.74, 6) is 1.95. The Kier molecular flexibility index (Phi) is 7.16. The van der Waals surface area contributed by atoms with Crippen LogP contribution in [0.1, 0.15) is 32.4 Å². The molecule has 1 aliphatic rings. The van der Waals surface area contributed by atoms with Gasteiger partial charge in [0.2, 0.25) is 5.95 Å². The Morgan fingerprint density at radius 2 is 2.17 bits per heavy atom. The van der Waals surface area contributed by atoms with E-state index < -0.39 is 0 Å². The smallest absolute Gasteiger partial charge is 0.204 e. The van der Waals surface area contributed by atoms with E-state index >= 15 is 0 Å². The minimum atomic E-state index is 0. The number of nitrogens with zero attached hydrogens (tertiary/aromatic N) is 5.